The lowest BCUT2D eigenvalue weighted by Crippen LogP contribution is -2.43. The number of rotatable bonds is 5. The Morgan fingerprint density at radius 1 is 1.30 bits per heavy atom. The van der Waals surface area contributed by atoms with Gasteiger partial charge >= 0.3 is 0 Å². The van der Waals surface area contributed by atoms with Crippen LogP contribution in [-0.4, -0.2) is 26.9 Å². The summed E-state index contributed by atoms with van der Waals surface area (Å²) in [6.45, 7) is 14.0. The molecule has 0 aliphatic carbocycles. The Labute approximate surface area is 140 Å². The van der Waals surface area contributed by atoms with Gasteiger partial charge in [-0.1, -0.05) is 39.8 Å². The summed E-state index contributed by atoms with van der Waals surface area (Å²) in [6.07, 6.45) is 0.220. The molecule has 1 aliphatic heterocycles. The number of nitrogens with one attached hydrogen (secondary N) is 1. The molecule has 4 nitrogen and oxygen atoms in total. The van der Waals surface area contributed by atoms with Crippen molar-refractivity contribution in [3.63, 3.8) is 0 Å². The normalized spacial score (nSPS) is 19.6. The molecule has 0 bridgehead atoms. The van der Waals surface area contributed by atoms with Gasteiger partial charge in [0.05, 0.1) is 5.69 Å². The van der Waals surface area contributed by atoms with Crippen LogP contribution in [0, 0.1) is 5.92 Å². The lowest BCUT2D eigenvalue weighted by atomic mass is 10.0. The Balaban J connectivity index is 1.91. The third kappa shape index (κ3) is 4.35. The van der Waals surface area contributed by atoms with E-state index in [0.29, 0.717) is 13.0 Å². The van der Waals surface area contributed by atoms with E-state index >= 15 is 0 Å². The number of carbonyl (C=O) groups excluding carboxylic acids is 1. The number of ether oxygens (including phenoxy) is 1. The van der Waals surface area contributed by atoms with Crippen LogP contribution in [0.1, 0.15) is 34.1 Å². The molecule has 2 rings (SSSR count). The van der Waals surface area contributed by atoms with Gasteiger partial charge in [-0.2, -0.15) is 0 Å². The number of anilines is 1. The molecule has 5 heteroatoms. The summed E-state index contributed by atoms with van der Waals surface area (Å²) in [7, 11) is -1.75. The van der Waals surface area contributed by atoms with Crippen molar-refractivity contribution in [2.75, 3.05) is 11.9 Å². The van der Waals surface area contributed by atoms with Crippen molar-refractivity contribution in [2.45, 2.75) is 58.4 Å². The quantitative estimate of drug-likeness (QED) is 0.810. The summed E-state index contributed by atoms with van der Waals surface area (Å²) in [5.74, 6) is 0.947. The van der Waals surface area contributed by atoms with E-state index < -0.39 is 14.4 Å². The van der Waals surface area contributed by atoms with Gasteiger partial charge in [-0.05, 0) is 42.6 Å². The zero-order valence-corrected chi connectivity index (χ0v) is 16.1. The minimum absolute atomic E-state index is 0.0668. The van der Waals surface area contributed by atoms with Crippen LogP contribution >= 0.6 is 0 Å². The predicted octanol–water partition coefficient (Wildman–Crippen LogP) is 4.43. The van der Waals surface area contributed by atoms with Gasteiger partial charge in [-0.25, -0.2) is 0 Å². The van der Waals surface area contributed by atoms with Crippen LogP contribution in [-0.2, 0) is 9.22 Å². The average molecular weight is 336 g/mol. The maximum atomic E-state index is 12.2. The molecule has 0 aromatic heterocycles. The Hall–Kier alpha value is -1.33. The third-order valence-electron chi connectivity index (χ3n) is 4.86. The third-order valence-corrected chi connectivity index (χ3v) is 9.36. The van der Waals surface area contributed by atoms with Crippen molar-refractivity contribution >= 4 is 19.9 Å². The summed E-state index contributed by atoms with van der Waals surface area (Å²) >= 11 is 0. The van der Waals surface area contributed by atoms with Crippen LogP contribution in [0.3, 0.4) is 0 Å². The topological polar surface area (TPSA) is 47.6 Å². The molecule has 1 amide bonds. The van der Waals surface area contributed by atoms with E-state index in [4.69, 9.17) is 9.16 Å². The standard InChI is InChI=1S/C18H29NO3Si/c1-13(12-21-23(5,6)18(2,3)4)11-16-17(20)19-14-9-7-8-10-15(14)22-16/h7-10,13,16H,11-12H2,1-6H3,(H,19,20). The van der Waals surface area contributed by atoms with E-state index in [9.17, 15) is 4.79 Å². The molecule has 1 heterocycles. The highest BCUT2D eigenvalue weighted by Crippen LogP contribution is 2.37. The molecular weight excluding hydrogens is 306 g/mol. The maximum Gasteiger partial charge on any atom is 0.265 e. The number of para-hydroxylation sites is 2. The minimum atomic E-state index is -1.75. The molecular formula is C18H29NO3Si. The molecule has 0 radical (unpaired) electrons. The molecule has 0 fully saturated rings. The van der Waals surface area contributed by atoms with Crippen LogP contribution in [0.4, 0.5) is 5.69 Å². The fourth-order valence-electron chi connectivity index (χ4n) is 2.25. The predicted molar refractivity (Wildman–Crippen MR) is 96.4 cm³/mol. The molecule has 2 unspecified atom stereocenters. The van der Waals surface area contributed by atoms with Crippen LogP contribution < -0.4 is 10.1 Å². The Morgan fingerprint density at radius 3 is 2.61 bits per heavy atom. The van der Waals surface area contributed by atoms with E-state index in [-0.39, 0.29) is 16.9 Å². The summed E-state index contributed by atoms with van der Waals surface area (Å²) < 4.78 is 12.1. The highest BCUT2D eigenvalue weighted by molar-refractivity contribution is 6.74. The van der Waals surface area contributed by atoms with Crippen molar-refractivity contribution < 1.29 is 14.0 Å². The number of fused-ring (bicyclic) bond motifs is 1. The molecule has 0 spiro atoms. The fraction of sp³-hybridized carbons (Fsp3) is 0.611. The fourth-order valence-corrected chi connectivity index (χ4v) is 3.38. The van der Waals surface area contributed by atoms with Gasteiger partial charge in [0.1, 0.15) is 5.75 Å². The smallest absolute Gasteiger partial charge is 0.265 e. The van der Waals surface area contributed by atoms with E-state index in [2.05, 4.69) is 46.1 Å². The number of hydrogen-bond donors (Lipinski definition) is 1. The lowest BCUT2D eigenvalue weighted by molar-refractivity contribution is -0.124. The van der Waals surface area contributed by atoms with E-state index in [1.165, 1.54) is 0 Å². The lowest BCUT2D eigenvalue weighted by Gasteiger charge is -2.37. The van der Waals surface area contributed by atoms with Gasteiger partial charge in [0, 0.05) is 6.61 Å². The zero-order chi connectivity index (χ0) is 17.3. The SMILES string of the molecule is CC(CO[Si](C)(C)C(C)(C)C)CC1Oc2ccccc2NC1=O. The second-order valence-electron chi connectivity index (χ2n) is 8.00. The molecule has 1 aromatic rings. The summed E-state index contributed by atoms with van der Waals surface area (Å²) in [5.41, 5.74) is 0.749. The van der Waals surface area contributed by atoms with E-state index in [1.54, 1.807) is 0 Å². The number of carbonyl (C=O) groups is 1. The Morgan fingerprint density at radius 2 is 1.96 bits per heavy atom. The Bertz CT molecular complexity index is 566. The Kier molecular flexibility index (Phi) is 5.21. The highest BCUT2D eigenvalue weighted by Gasteiger charge is 2.37. The molecule has 0 saturated carbocycles. The minimum Gasteiger partial charge on any atom is -0.478 e. The first-order chi connectivity index (χ1) is 10.6. The van der Waals surface area contributed by atoms with E-state index in [0.717, 1.165) is 11.4 Å². The van der Waals surface area contributed by atoms with Crippen LogP contribution in [0.5, 0.6) is 5.75 Å². The molecule has 128 valence electrons. The van der Waals surface area contributed by atoms with Gasteiger partial charge in [-0.15, -0.1) is 0 Å². The van der Waals surface area contributed by atoms with Gasteiger partial charge in [0.25, 0.3) is 5.91 Å². The van der Waals surface area contributed by atoms with Crippen LogP contribution in [0.25, 0.3) is 0 Å². The molecule has 1 N–H and O–H groups in total. The second-order valence-corrected chi connectivity index (χ2v) is 12.8. The molecule has 23 heavy (non-hydrogen) atoms. The van der Waals surface area contributed by atoms with Crippen LogP contribution in [0.2, 0.25) is 18.1 Å². The van der Waals surface area contributed by atoms with Crippen molar-refractivity contribution in [2.24, 2.45) is 5.92 Å². The van der Waals surface area contributed by atoms with Gasteiger partial charge in [0.2, 0.25) is 0 Å². The first kappa shape index (κ1) is 18.0. The first-order valence-corrected chi connectivity index (χ1v) is 11.2. The van der Waals surface area contributed by atoms with Gasteiger partial charge in [0.15, 0.2) is 14.4 Å². The summed E-state index contributed by atoms with van der Waals surface area (Å²) in [4.78, 5) is 12.2. The van der Waals surface area contributed by atoms with Crippen molar-refractivity contribution in [1.29, 1.82) is 0 Å². The number of hydrogen-bond acceptors (Lipinski definition) is 3. The van der Waals surface area contributed by atoms with Crippen molar-refractivity contribution in [3.05, 3.63) is 24.3 Å². The van der Waals surface area contributed by atoms with Crippen LogP contribution in [0.15, 0.2) is 24.3 Å². The highest BCUT2D eigenvalue weighted by atomic mass is 28.4. The van der Waals surface area contributed by atoms with Gasteiger partial charge < -0.3 is 14.5 Å². The molecule has 0 saturated heterocycles. The first-order valence-electron chi connectivity index (χ1n) is 8.30. The van der Waals surface area contributed by atoms with Crippen molar-refractivity contribution in [3.8, 4) is 5.75 Å². The largest absolute Gasteiger partial charge is 0.478 e. The summed E-state index contributed by atoms with van der Waals surface area (Å²) in [5, 5.41) is 3.11. The number of amides is 1. The average Bonchev–Trinajstić information content (AvgIpc) is 2.45. The van der Waals surface area contributed by atoms with E-state index in [1.807, 2.05) is 24.3 Å². The molecule has 1 aromatic carbocycles. The molecule has 1 aliphatic rings. The summed E-state index contributed by atoms with van der Waals surface area (Å²) in [6, 6.07) is 7.54. The molecule has 2 atom stereocenters. The van der Waals surface area contributed by atoms with Gasteiger partial charge in [-0.3, -0.25) is 4.79 Å². The maximum absolute atomic E-state index is 12.2. The zero-order valence-electron chi connectivity index (χ0n) is 15.1. The monoisotopic (exact) mass is 335 g/mol. The second kappa shape index (κ2) is 6.65. The number of benzene rings is 1. The van der Waals surface area contributed by atoms with Crippen molar-refractivity contribution in [1.82, 2.24) is 0 Å².